The maximum Gasteiger partial charge on any atom is 0.406 e. The molecule has 1 atom stereocenters. The van der Waals surface area contributed by atoms with E-state index in [0.717, 1.165) is 0 Å². The molecular formula is C12H15F3N2O2. The van der Waals surface area contributed by atoms with E-state index in [4.69, 9.17) is 10.8 Å². The normalized spacial score (nSPS) is 13.1. The molecule has 0 radical (unpaired) electrons. The van der Waals surface area contributed by atoms with E-state index < -0.39 is 37.8 Å². The zero-order valence-electron chi connectivity index (χ0n) is 10.1. The molecule has 1 aromatic rings. The third-order valence-electron chi connectivity index (χ3n) is 2.48. The molecule has 0 saturated heterocycles. The number of nitrogens with two attached hydrogens (primary N) is 1. The van der Waals surface area contributed by atoms with E-state index in [-0.39, 0.29) is 0 Å². The molecule has 0 aliphatic rings. The standard InChI is InChI=1S/C12H15F3N2O2/c13-12(14,15)8-17(6-7-18)11(19)10(16)9-4-2-1-3-5-9/h1-5,10,18H,6-8,16H2/t10-/m0/s1. The van der Waals surface area contributed by atoms with Crippen molar-refractivity contribution in [3.05, 3.63) is 35.9 Å². The van der Waals surface area contributed by atoms with Gasteiger partial charge in [0.25, 0.3) is 0 Å². The third kappa shape index (κ3) is 4.88. The Labute approximate surface area is 108 Å². The predicted molar refractivity (Wildman–Crippen MR) is 63.1 cm³/mol. The molecule has 0 spiro atoms. The summed E-state index contributed by atoms with van der Waals surface area (Å²) in [4.78, 5) is 12.4. The summed E-state index contributed by atoms with van der Waals surface area (Å²) in [6.45, 7) is -2.38. The number of aliphatic hydroxyl groups is 1. The lowest BCUT2D eigenvalue weighted by molar-refractivity contribution is -0.162. The minimum absolute atomic E-state index is 0.404. The molecule has 4 nitrogen and oxygen atoms in total. The molecule has 0 aliphatic heterocycles. The molecule has 0 aromatic heterocycles. The number of nitrogens with zero attached hydrogens (tertiary/aromatic N) is 1. The van der Waals surface area contributed by atoms with Gasteiger partial charge in [0.1, 0.15) is 12.6 Å². The molecule has 0 bridgehead atoms. The van der Waals surface area contributed by atoms with Crippen LogP contribution in [0, 0.1) is 0 Å². The first-order chi connectivity index (χ1) is 8.85. The van der Waals surface area contributed by atoms with Gasteiger partial charge < -0.3 is 15.7 Å². The molecule has 1 amide bonds. The summed E-state index contributed by atoms with van der Waals surface area (Å²) in [5, 5.41) is 8.73. The fourth-order valence-corrected chi connectivity index (χ4v) is 1.60. The first-order valence-electron chi connectivity index (χ1n) is 5.62. The Kier molecular flexibility index (Phi) is 5.31. The van der Waals surface area contributed by atoms with Crippen molar-refractivity contribution < 1.29 is 23.1 Å². The Morgan fingerprint density at radius 3 is 2.37 bits per heavy atom. The van der Waals surface area contributed by atoms with Crippen molar-refractivity contribution in [3.63, 3.8) is 0 Å². The van der Waals surface area contributed by atoms with Crippen LogP contribution < -0.4 is 5.73 Å². The Balaban J connectivity index is 2.82. The number of alkyl halides is 3. The van der Waals surface area contributed by atoms with E-state index in [1.807, 2.05) is 0 Å². The highest BCUT2D eigenvalue weighted by molar-refractivity contribution is 5.83. The Morgan fingerprint density at radius 2 is 1.89 bits per heavy atom. The second-order valence-corrected chi connectivity index (χ2v) is 3.99. The molecular weight excluding hydrogens is 261 g/mol. The fraction of sp³-hybridized carbons (Fsp3) is 0.417. The smallest absolute Gasteiger partial charge is 0.395 e. The van der Waals surface area contributed by atoms with Crippen molar-refractivity contribution >= 4 is 5.91 Å². The maximum atomic E-state index is 12.3. The number of carbonyl (C=O) groups excluding carboxylic acids is 1. The molecule has 7 heteroatoms. The molecule has 19 heavy (non-hydrogen) atoms. The quantitative estimate of drug-likeness (QED) is 0.845. The minimum atomic E-state index is -4.53. The highest BCUT2D eigenvalue weighted by Crippen LogP contribution is 2.19. The molecule has 0 heterocycles. The first-order valence-corrected chi connectivity index (χ1v) is 5.62. The Bertz CT molecular complexity index is 409. The van der Waals surface area contributed by atoms with Crippen molar-refractivity contribution in [2.75, 3.05) is 19.7 Å². The van der Waals surface area contributed by atoms with Crippen molar-refractivity contribution in [1.82, 2.24) is 4.90 Å². The van der Waals surface area contributed by atoms with Crippen molar-refractivity contribution in [2.24, 2.45) is 5.73 Å². The number of aliphatic hydroxyl groups excluding tert-OH is 1. The van der Waals surface area contributed by atoms with Crippen molar-refractivity contribution in [2.45, 2.75) is 12.2 Å². The summed E-state index contributed by atoms with van der Waals surface area (Å²) < 4.78 is 37.0. The van der Waals surface area contributed by atoms with E-state index in [1.54, 1.807) is 30.3 Å². The van der Waals surface area contributed by atoms with Crippen LogP contribution in [-0.2, 0) is 4.79 Å². The number of amides is 1. The molecule has 0 unspecified atom stereocenters. The zero-order valence-corrected chi connectivity index (χ0v) is 10.1. The summed E-state index contributed by atoms with van der Waals surface area (Å²) in [6, 6.07) is 6.95. The van der Waals surface area contributed by atoms with Gasteiger partial charge in [0.05, 0.1) is 6.61 Å². The van der Waals surface area contributed by atoms with Gasteiger partial charge in [0.15, 0.2) is 0 Å². The monoisotopic (exact) mass is 276 g/mol. The number of hydrogen-bond donors (Lipinski definition) is 2. The van der Waals surface area contributed by atoms with Crippen LogP contribution in [0.25, 0.3) is 0 Å². The Hall–Kier alpha value is -1.60. The molecule has 0 fully saturated rings. The summed E-state index contributed by atoms with van der Waals surface area (Å²) in [7, 11) is 0. The maximum absolute atomic E-state index is 12.3. The molecule has 0 saturated carbocycles. The lowest BCUT2D eigenvalue weighted by Gasteiger charge is -2.26. The Morgan fingerprint density at radius 1 is 1.32 bits per heavy atom. The molecule has 1 rings (SSSR count). The zero-order chi connectivity index (χ0) is 14.5. The van der Waals surface area contributed by atoms with Crippen molar-refractivity contribution in [3.8, 4) is 0 Å². The first kappa shape index (κ1) is 15.5. The van der Waals surface area contributed by atoms with Gasteiger partial charge in [-0.3, -0.25) is 4.79 Å². The van der Waals surface area contributed by atoms with E-state index in [1.165, 1.54) is 0 Å². The van der Waals surface area contributed by atoms with Crippen LogP contribution in [0.3, 0.4) is 0 Å². The summed E-state index contributed by atoms with van der Waals surface area (Å²) in [5.41, 5.74) is 6.08. The van der Waals surface area contributed by atoms with Crippen molar-refractivity contribution in [1.29, 1.82) is 0 Å². The number of benzene rings is 1. The van der Waals surface area contributed by atoms with Gasteiger partial charge in [0.2, 0.25) is 5.91 Å². The van der Waals surface area contributed by atoms with E-state index in [0.29, 0.717) is 10.5 Å². The fourth-order valence-electron chi connectivity index (χ4n) is 1.60. The van der Waals surface area contributed by atoms with Gasteiger partial charge in [0, 0.05) is 6.54 Å². The van der Waals surface area contributed by atoms with Crippen LogP contribution >= 0.6 is 0 Å². The highest BCUT2D eigenvalue weighted by Gasteiger charge is 2.34. The van der Waals surface area contributed by atoms with Gasteiger partial charge in [-0.25, -0.2) is 0 Å². The summed E-state index contributed by atoms with van der Waals surface area (Å²) >= 11 is 0. The van der Waals surface area contributed by atoms with Crippen LogP contribution in [0.1, 0.15) is 11.6 Å². The number of carbonyl (C=O) groups is 1. The van der Waals surface area contributed by atoms with Gasteiger partial charge in [-0.15, -0.1) is 0 Å². The van der Waals surface area contributed by atoms with Gasteiger partial charge >= 0.3 is 6.18 Å². The van der Waals surface area contributed by atoms with E-state index >= 15 is 0 Å². The largest absolute Gasteiger partial charge is 0.406 e. The van der Waals surface area contributed by atoms with Gasteiger partial charge in [-0.1, -0.05) is 30.3 Å². The van der Waals surface area contributed by atoms with Crippen LogP contribution in [0.15, 0.2) is 30.3 Å². The van der Waals surface area contributed by atoms with E-state index in [9.17, 15) is 18.0 Å². The lowest BCUT2D eigenvalue weighted by Crippen LogP contribution is -2.44. The van der Waals surface area contributed by atoms with Crippen LogP contribution in [0.5, 0.6) is 0 Å². The molecule has 3 N–H and O–H groups in total. The molecule has 1 aromatic carbocycles. The topological polar surface area (TPSA) is 66.6 Å². The number of halogens is 3. The molecule has 0 aliphatic carbocycles. The SMILES string of the molecule is N[C@H](C(=O)N(CCO)CC(F)(F)F)c1ccccc1. The molecule has 106 valence electrons. The minimum Gasteiger partial charge on any atom is -0.395 e. The third-order valence-corrected chi connectivity index (χ3v) is 2.48. The van der Waals surface area contributed by atoms with E-state index in [2.05, 4.69) is 0 Å². The average Bonchev–Trinajstić information content (AvgIpc) is 2.36. The van der Waals surface area contributed by atoms with Crippen LogP contribution in [0.4, 0.5) is 13.2 Å². The van der Waals surface area contributed by atoms with Gasteiger partial charge in [-0.05, 0) is 5.56 Å². The number of rotatable bonds is 5. The van der Waals surface area contributed by atoms with Crippen LogP contribution in [0.2, 0.25) is 0 Å². The second kappa shape index (κ2) is 6.53. The highest BCUT2D eigenvalue weighted by atomic mass is 19.4. The number of hydrogen-bond acceptors (Lipinski definition) is 3. The predicted octanol–water partition coefficient (Wildman–Crippen LogP) is 1.07. The van der Waals surface area contributed by atoms with Crippen LogP contribution in [-0.4, -0.2) is 41.8 Å². The summed E-state index contributed by atoms with van der Waals surface area (Å²) in [5.74, 6) is -0.863. The van der Waals surface area contributed by atoms with Gasteiger partial charge in [-0.2, -0.15) is 13.2 Å². The lowest BCUT2D eigenvalue weighted by atomic mass is 10.1. The second-order valence-electron chi connectivity index (χ2n) is 3.99. The summed E-state index contributed by atoms with van der Waals surface area (Å²) in [6.07, 6.45) is -4.53. The average molecular weight is 276 g/mol.